The van der Waals surface area contributed by atoms with E-state index in [0.29, 0.717) is 43.9 Å². The van der Waals surface area contributed by atoms with E-state index in [1.54, 1.807) is 0 Å². The van der Waals surface area contributed by atoms with Gasteiger partial charge in [0.1, 0.15) is 0 Å². The largest absolute Gasteiger partial charge is 0.478 e. The normalized spacial score (nSPS) is 18.0. The van der Waals surface area contributed by atoms with Gasteiger partial charge in [-0.15, -0.1) is 0 Å². The van der Waals surface area contributed by atoms with Crippen molar-refractivity contribution in [2.24, 2.45) is 11.3 Å². The molecule has 9 heteroatoms. The summed E-state index contributed by atoms with van der Waals surface area (Å²) in [7, 11) is 0. The van der Waals surface area contributed by atoms with E-state index in [1.165, 1.54) is 24.3 Å². The third-order valence-corrected chi connectivity index (χ3v) is 6.76. The van der Waals surface area contributed by atoms with Gasteiger partial charge >= 0.3 is 11.9 Å². The van der Waals surface area contributed by atoms with Crippen LogP contribution in [-0.4, -0.2) is 59.1 Å². The zero-order valence-electron chi connectivity index (χ0n) is 19.6. The lowest BCUT2D eigenvalue weighted by molar-refractivity contribution is 0.0151. The van der Waals surface area contributed by atoms with Crippen molar-refractivity contribution in [1.82, 2.24) is 15.1 Å². The number of aryl methyl sites for hydroxylation is 1. The SMILES string of the molecule is CCc1nn(C[C@@H](C)COC(=O)c2ccc(C(=O)O)cc2)c2c1C(=O)NCC1(CCOCC1)C2. The molecule has 0 bridgehead atoms. The molecule has 1 saturated heterocycles. The van der Waals surface area contributed by atoms with Gasteiger partial charge in [0, 0.05) is 32.2 Å². The molecular formula is C25H31N3O6. The molecule has 1 spiro atoms. The van der Waals surface area contributed by atoms with E-state index in [9.17, 15) is 14.4 Å². The number of hydrogen-bond acceptors (Lipinski definition) is 6. The minimum Gasteiger partial charge on any atom is -0.478 e. The molecule has 4 rings (SSSR count). The molecule has 1 aromatic heterocycles. The summed E-state index contributed by atoms with van der Waals surface area (Å²) in [5.41, 5.74) is 2.82. The van der Waals surface area contributed by atoms with Crippen molar-refractivity contribution in [1.29, 1.82) is 0 Å². The average Bonchev–Trinajstić information content (AvgIpc) is 3.11. The standard InChI is InChI=1S/C25H31N3O6/c1-3-19-21-20(12-25(15-26-22(21)29)8-10-33-11-9-25)28(27-19)13-16(2)14-34-24(32)18-6-4-17(5-7-18)23(30)31/h4-7,16H,3,8-15H2,1-2H3,(H,26,29)(H,30,31)/t16-/m1/s1. The molecule has 2 aliphatic heterocycles. The van der Waals surface area contributed by atoms with E-state index in [0.717, 1.165) is 30.7 Å². The molecule has 1 aromatic carbocycles. The lowest BCUT2D eigenvalue weighted by Crippen LogP contribution is -2.41. The first-order valence-electron chi connectivity index (χ1n) is 11.8. The lowest BCUT2D eigenvalue weighted by Gasteiger charge is -2.36. The van der Waals surface area contributed by atoms with Crippen molar-refractivity contribution >= 4 is 17.8 Å². The zero-order valence-corrected chi connectivity index (χ0v) is 19.6. The highest BCUT2D eigenvalue weighted by Crippen LogP contribution is 2.37. The summed E-state index contributed by atoms with van der Waals surface area (Å²) in [4.78, 5) is 36.3. The van der Waals surface area contributed by atoms with E-state index in [2.05, 4.69) is 5.32 Å². The maximum absolute atomic E-state index is 12.9. The maximum atomic E-state index is 12.9. The van der Waals surface area contributed by atoms with E-state index in [4.69, 9.17) is 19.7 Å². The van der Waals surface area contributed by atoms with Gasteiger partial charge in [0.15, 0.2) is 0 Å². The highest BCUT2D eigenvalue weighted by atomic mass is 16.5. The molecule has 9 nitrogen and oxygen atoms in total. The highest BCUT2D eigenvalue weighted by Gasteiger charge is 2.39. The van der Waals surface area contributed by atoms with Crippen LogP contribution in [0.4, 0.5) is 0 Å². The average molecular weight is 470 g/mol. The van der Waals surface area contributed by atoms with Gasteiger partial charge in [-0.1, -0.05) is 13.8 Å². The fraction of sp³-hybridized carbons (Fsp3) is 0.520. The molecule has 2 aromatic rings. The van der Waals surface area contributed by atoms with Crippen molar-refractivity contribution in [3.63, 3.8) is 0 Å². The van der Waals surface area contributed by atoms with Gasteiger partial charge in [0.05, 0.1) is 34.7 Å². The number of rotatable bonds is 7. The van der Waals surface area contributed by atoms with Crippen LogP contribution in [0.1, 0.15) is 69.2 Å². The monoisotopic (exact) mass is 469 g/mol. The van der Waals surface area contributed by atoms with Gasteiger partial charge in [-0.25, -0.2) is 9.59 Å². The van der Waals surface area contributed by atoms with Gasteiger partial charge in [-0.3, -0.25) is 9.48 Å². The summed E-state index contributed by atoms with van der Waals surface area (Å²) < 4.78 is 13.0. The number of amides is 1. The summed E-state index contributed by atoms with van der Waals surface area (Å²) in [5.74, 6) is -1.65. The van der Waals surface area contributed by atoms with Crippen LogP contribution < -0.4 is 5.32 Å². The molecule has 1 amide bonds. The van der Waals surface area contributed by atoms with Gasteiger partial charge in [0.2, 0.25) is 0 Å². The van der Waals surface area contributed by atoms with E-state index in [-0.39, 0.29) is 29.4 Å². The summed E-state index contributed by atoms with van der Waals surface area (Å²) in [6.45, 7) is 6.70. The van der Waals surface area contributed by atoms with Crippen molar-refractivity contribution in [2.45, 2.75) is 46.1 Å². The Morgan fingerprint density at radius 1 is 1.24 bits per heavy atom. The van der Waals surface area contributed by atoms with Gasteiger partial charge in [-0.05, 0) is 55.4 Å². The molecule has 2 aliphatic rings. The Morgan fingerprint density at radius 3 is 2.56 bits per heavy atom. The van der Waals surface area contributed by atoms with Crippen LogP contribution >= 0.6 is 0 Å². The lowest BCUT2D eigenvalue weighted by atomic mass is 9.76. The summed E-state index contributed by atoms with van der Waals surface area (Å²) in [6, 6.07) is 5.66. The first-order valence-corrected chi connectivity index (χ1v) is 11.8. The molecule has 1 atom stereocenters. The first kappa shape index (κ1) is 23.9. The number of aromatic nitrogens is 2. The molecule has 1 fully saturated rings. The van der Waals surface area contributed by atoms with Gasteiger partial charge in [-0.2, -0.15) is 5.10 Å². The number of hydrogen-bond donors (Lipinski definition) is 2. The van der Waals surface area contributed by atoms with Crippen LogP contribution in [0.15, 0.2) is 24.3 Å². The third kappa shape index (κ3) is 4.99. The van der Waals surface area contributed by atoms with Crippen LogP contribution in [0.3, 0.4) is 0 Å². The number of carbonyl (C=O) groups is 3. The summed E-state index contributed by atoms with van der Waals surface area (Å²) in [6.07, 6.45) is 3.22. The van der Waals surface area contributed by atoms with Crippen LogP contribution in [0.25, 0.3) is 0 Å². The molecule has 34 heavy (non-hydrogen) atoms. The zero-order chi connectivity index (χ0) is 24.3. The number of carboxylic acid groups (broad SMARTS) is 1. The van der Waals surface area contributed by atoms with Gasteiger partial charge < -0.3 is 19.9 Å². The number of benzene rings is 1. The highest BCUT2D eigenvalue weighted by molar-refractivity contribution is 5.97. The Kier molecular flexibility index (Phi) is 7.02. The second kappa shape index (κ2) is 9.97. The Labute approximate surface area is 198 Å². The number of esters is 1. The maximum Gasteiger partial charge on any atom is 0.338 e. The predicted molar refractivity (Wildman–Crippen MR) is 123 cm³/mol. The molecule has 0 unspecified atom stereocenters. The quantitative estimate of drug-likeness (QED) is 0.598. The molecular weight excluding hydrogens is 438 g/mol. The Bertz CT molecular complexity index is 1070. The van der Waals surface area contributed by atoms with Crippen LogP contribution in [0, 0.1) is 11.3 Å². The predicted octanol–water partition coefficient (Wildman–Crippen LogP) is 2.72. The second-order valence-corrected chi connectivity index (χ2v) is 9.36. The molecule has 182 valence electrons. The van der Waals surface area contributed by atoms with E-state index >= 15 is 0 Å². The number of aromatic carboxylic acids is 1. The molecule has 2 N–H and O–H groups in total. The smallest absolute Gasteiger partial charge is 0.338 e. The number of nitrogens with zero attached hydrogens (tertiary/aromatic N) is 2. The number of carboxylic acids is 1. The Balaban J connectivity index is 1.46. The Hall–Kier alpha value is -3.20. The van der Waals surface area contributed by atoms with Gasteiger partial charge in [0.25, 0.3) is 5.91 Å². The number of fused-ring (bicyclic) bond motifs is 1. The first-order chi connectivity index (χ1) is 16.3. The fourth-order valence-corrected chi connectivity index (χ4v) is 4.72. The van der Waals surface area contributed by atoms with Crippen LogP contribution in [0.5, 0.6) is 0 Å². The minimum atomic E-state index is -1.05. The minimum absolute atomic E-state index is 0.0280. The van der Waals surface area contributed by atoms with Crippen LogP contribution in [-0.2, 0) is 28.9 Å². The second-order valence-electron chi connectivity index (χ2n) is 9.36. The summed E-state index contributed by atoms with van der Waals surface area (Å²) in [5, 5.41) is 16.9. The Morgan fingerprint density at radius 2 is 1.91 bits per heavy atom. The topological polar surface area (TPSA) is 120 Å². The third-order valence-electron chi connectivity index (χ3n) is 6.76. The molecule has 0 saturated carbocycles. The summed E-state index contributed by atoms with van der Waals surface area (Å²) >= 11 is 0. The van der Waals surface area contributed by atoms with Crippen molar-refractivity contribution in [3.05, 3.63) is 52.3 Å². The fourth-order valence-electron chi connectivity index (χ4n) is 4.72. The molecule has 0 radical (unpaired) electrons. The van der Waals surface area contributed by atoms with Crippen molar-refractivity contribution in [2.75, 3.05) is 26.4 Å². The van der Waals surface area contributed by atoms with E-state index < -0.39 is 11.9 Å². The molecule has 0 aliphatic carbocycles. The van der Waals surface area contributed by atoms with Crippen LogP contribution in [0.2, 0.25) is 0 Å². The number of carbonyl (C=O) groups excluding carboxylic acids is 2. The van der Waals surface area contributed by atoms with E-state index in [1.807, 2.05) is 18.5 Å². The van der Waals surface area contributed by atoms with Crippen molar-refractivity contribution < 1.29 is 29.0 Å². The molecule has 3 heterocycles. The number of nitrogens with one attached hydrogen (secondary N) is 1. The number of ether oxygens (including phenoxy) is 2. The van der Waals surface area contributed by atoms with Crippen molar-refractivity contribution in [3.8, 4) is 0 Å².